The van der Waals surface area contributed by atoms with Crippen molar-refractivity contribution in [2.45, 2.75) is 0 Å². The zero-order valence-corrected chi connectivity index (χ0v) is 23.7. The van der Waals surface area contributed by atoms with E-state index in [2.05, 4.69) is 12.1 Å². The highest BCUT2D eigenvalue weighted by molar-refractivity contribution is 7.25. The molecule has 0 aliphatic carbocycles. The van der Waals surface area contributed by atoms with Crippen LogP contribution in [-0.4, -0.2) is 19.5 Å². The summed E-state index contributed by atoms with van der Waals surface area (Å²) in [6, 6.07) is 24.4. The fourth-order valence-electron chi connectivity index (χ4n) is 5.74. The third kappa shape index (κ3) is 3.94. The molecule has 3 heterocycles. The van der Waals surface area contributed by atoms with E-state index in [9.17, 15) is 0 Å². The number of para-hydroxylation sites is 1. The van der Waals surface area contributed by atoms with Crippen LogP contribution in [0.4, 0.5) is 0 Å². The summed E-state index contributed by atoms with van der Waals surface area (Å²) in [5, 5.41) is 2.51. The van der Waals surface area contributed by atoms with E-state index in [1.54, 1.807) is 34.1 Å². The third-order valence-corrected chi connectivity index (χ3v) is 8.84. The molecule has 0 unspecified atom stereocenters. The first-order chi connectivity index (χ1) is 25.5. The van der Waals surface area contributed by atoms with Crippen LogP contribution in [0.25, 0.3) is 81.8 Å². The molecule has 0 fully saturated rings. The van der Waals surface area contributed by atoms with Gasteiger partial charge in [-0.2, -0.15) is 9.97 Å². The molecule has 0 spiro atoms. The summed E-state index contributed by atoms with van der Waals surface area (Å²) in [5.41, 5.74) is 1.95. The topological polar surface area (TPSA) is 43.6 Å². The minimum Gasteiger partial charge on any atom is -0.278 e. The molecule has 0 aliphatic heterocycles. The normalized spacial score (nSPS) is 14.5. The lowest BCUT2D eigenvalue weighted by Crippen LogP contribution is -2.06. The van der Waals surface area contributed by atoms with Gasteiger partial charge in [-0.3, -0.25) is 4.57 Å². The first-order valence-electron chi connectivity index (χ1n) is 18.4. The number of hydrogen-bond donors (Lipinski definition) is 0. The smallest absolute Gasteiger partial charge is 0.238 e. The average molecular weight is 590 g/mol. The van der Waals surface area contributed by atoms with Crippen LogP contribution in [-0.2, 0) is 0 Å². The summed E-state index contributed by atoms with van der Waals surface area (Å²) in [7, 11) is 0. The van der Waals surface area contributed by atoms with Crippen LogP contribution in [0.1, 0.15) is 12.3 Å². The highest BCUT2D eigenvalue weighted by Crippen LogP contribution is 2.39. The molecule has 5 heteroatoms. The Labute approximate surface area is 270 Å². The fourth-order valence-corrected chi connectivity index (χ4v) is 6.83. The van der Waals surface area contributed by atoms with E-state index in [0.717, 1.165) is 20.2 Å². The van der Waals surface area contributed by atoms with Gasteiger partial charge < -0.3 is 0 Å². The Morgan fingerprint density at radius 3 is 2.16 bits per heavy atom. The van der Waals surface area contributed by atoms with Gasteiger partial charge >= 0.3 is 0 Å². The molecule has 0 amide bonds. The highest BCUT2D eigenvalue weighted by Gasteiger charge is 2.20. The van der Waals surface area contributed by atoms with Crippen LogP contribution in [0.2, 0.25) is 0 Å². The van der Waals surface area contributed by atoms with Crippen molar-refractivity contribution in [1.29, 1.82) is 0 Å². The van der Waals surface area contributed by atoms with Crippen LogP contribution in [0.5, 0.6) is 0 Å². The second-order valence-electron chi connectivity index (χ2n) is 10.2. The maximum absolute atomic E-state index is 9.15. The van der Waals surface area contributed by atoms with Gasteiger partial charge in [0.15, 0.2) is 11.6 Å². The Kier molecular flexibility index (Phi) is 3.96. The van der Waals surface area contributed by atoms with E-state index in [1.165, 1.54) is 0 Å². The summed E-state index contributed by atoms with van der Waals surface area (Å²) in [6.07, 6.45) is 0. The van der Waals surface area contributed by atoms with Gasteiger partial charge in [-0.25, -0.2) is 4.98 Å². The van der Waals surface area contributed by atoms with Gasteiger partial charge in [-0.05, 0) is 47.5 Å². The van der Waals surface area contributed by atoms with Crippen molar-refractivity contribution in [2.24, 2.45) is 0 Å². The summed E-state index contributed by atoms with van der Waals surface area (Å²) in [4.78, 5) is 14.8. The number of nitrogens with zero attached hydrogens (tertiary/aromatic N) is 4. The molecule has 206 valence electrons. The first-order valence-corrected chi connectivity index (χ1v) is 14.7. The van der Waals surface area contributed by atoms with Crippen molar-refractivity contribution in [3.05, 3.63) is 145 Å². The molecule has 9 aromatic rings. The van der Waals surface area contributed by atoms with Crippen molar-refractivity contribution < 1.29 is 12.3 Å². The first kappa shape index (κ1) is 17.5. The van der Waals surface area contributed by atoms with E-state index in [4.69, 9.17) is 27.3 Å². The van der Waals surface area contributed by atoms with Gasteiger partial charge in [0, 0.05) is 42.1 Å². The quantitative estimate of drug-likeness (QED) is 0.205. The number of fused-ring (bicyclic) bond motifs is 6. The lowest BCUT2D eigenvalue weighted by Gasteiger charge is -2.11. The molecule has 0 saturated carbocycles. The predicted octanol–water partition coefficient (Wildman–Crippen LogP) is 10.3. The Morgan fingerprint density at radius 2 is 1.27 bits per heavy atom. The van der Waals surface area contributed by atoms with Crippen LogP contribution < -0.4 is 0 Å². The van der Waals surface area contributed by atoms with Crippen molar-refractivity contribution in [2.75, 3.05) is 0 Å². The standard InChI is InChI=1S/C39H24N4S/c1-3-12-25(13-4-1)28-18-11-20-33-36(28)30-17-7-9-19-32(30)43(33)39-41-37(26-14-5-2-6-15-26)40-38(42-39)27-22-23-35-31(24-27)29-16-8-10-21-34(29)44-35/h1-24H/i1D,3D,4D,7D,9D,12D,13D,17D,19D. The zero-order chi connectivity index (χ0) is 36.9. The molecule has 0 radical (unpaired) electrons. The Morgan fingerprint density at radius 1 is 0.523 bits per heavy atom. The Bertz CT molecular complexity index is 2990. The number of benzene rings is 6. The molecular weight excluding hydrogens is 557 g/mol. The predicted molar refractivity (Wildman–Crippen MR) is 183 cm³/mol. The Balaban J connectivity index is 1.41. The highest BCUT2D eigenvalue weighted by atomic mass is 32.1. The van der Waals surface area contributed by atoms with Crippen LogP contribution >= 0.6 is 11.3 Å². The van der Waals surface area contributed by atoms with E-state index in [1.807, 2.05) is 60.7 Å². The van der Waals surface area contributed by atoms with Crippen LogP contribution in [0.3, 0.4) is 0 Å². The van der Waals surface area contributed by atoms with Gasteiger partial charge in [-0.15, -0.1) is 11.3 Å². The summed E-state index contributed by atoms with van der Waals surface area (Å²) < 4.78 is 81.8. The van der Waals surface area contributed by atoms with E-state index >= 15 is 0 Å². The maximum atomic E-state index is 9.15. The minimum atomic E-state index is -0.542. The number of aromatic nitrogens is 4. The molecule has 0 atom stereocenters. The molecule has 3 aromatic heterocycles. The molecule has 9 rings (SSSR count). The van der Waals surface area contributed by atoms with E-state index in [-0.39, 0.29) is 45.4 Å². The minimum absolute atomic E-state index is 0.0706. The van der Waals surface area contributed by atoms with E-state index < -0.39 is 42.3 Å². The SMILES string of the molecule is [2H]c1c([2H])c([2H])c(-c2cccc3c2c2c([2H])c([2H])c([2H])c([2H])c2n3-c2nc(-c3ccccc3)nc(-c3ccc4sc5ccccc5c4c3)n2)c([2H])c1[2H]. The van der Waals surface area contributed by atoms with Crippen molar-refractivity contribution in [3.8, 4) is 39.9 Å². The van der Waals surface area contributed by atoms with Crippen LogP contribution in [0.15, 0.2) is 145 Å². The van der Waals surface area contributed by atoms with E-state index in [0.29, 0.717) is 28.3 Å². The largest absolute Gasteiger partial charge is 0.278 e. The summed E-state index contributed by atoms with van der Waals surface area (Å²) >= 11 is 1.69. The summed E-state index contributed by atoms with van der Waals surface area (Å²) in [6.45, 7) is 0. The monoisotopic (exact) mass is 589 g/mol. The molecule has 0 N–H and O–H groups in total. The average Bonchev–Trinajstić information content (AvgIpc) is 3.74. The molecule has 0 aliphatic rings. The number of hydrogen-bond acceptors (Lipinski definition) is 4. The van der Waals surface area contributed by atoms with Gasteiger partial charge in [0.1, 0.15) is 0 Å². The Hall–Kier alpha value is -5.65. The zero-order valence-electron chi connectivity index (χ0n) is 31.9. The maximum Gasteiger partial charge on any atom is 0.238 e. The second-order valence-corrected chi connectivity index (χ2v) is 11.3. The van der Waals surface area contributed by atoms with Gasteiger partial charge in [0.05, 0.1) is 23.4 Å². The second kappa shape index (κ2) is 9.97. The van der Waals surface area contributed by atoms with Crippen LogP contribution in [0, 0.1) is 0 Å². The van der Waals surface area contributed by atoms with Gasteiger partial charge in [-0.1, -0.05) is 109 Å². The third-order valence-electron chi connectivity index (χ3n) is 7.68. The van der Waals surface area contributed by atoms with Crippen molar-refractivity contribution in [3.63, 3.8) is 0 Å². The number of thiophene rings is 1. The van der Waals surface area contributed by atoms with Crippen molar-refractivity contribution >= 4 is 53.3 Å². The molecule has 44 heavy (non-hydrogen) atoms. The molecule has 6 aromatic carbocycles. The lowest BCUT2D eigenvalue weighted by molar-refractivity contribution is 0.954. The molecule has 4 nitrogen and oxygen atoms in total. The van der Waals surface area contributed by atoms with Gasteiger partial charge in [0.2, 0.25) is 5.95 Å². The lowest BCUT2D eigenvalue weighted by atomic mass is 9.99. The molecular formula is C39H24N4S. The van der Waals surface area contributed by atoms with Crippen molar-refractivity contribution in [1.82, 2.24) is 19.5 Å². The number of rotatable bonds is 4. The molecule has 0 saturated heterocycles. The molecule has 0 bridgehead atoms. The van der Waals surface area contributed by atoms with Gasteiger partial charge in [0.25, 0.3) is 0 Å². The fraction of sp³-hybridized carbons (Fsp3) is 0. The summed E-state index contributed by atoms with van der Waals surface area (Å²) in [5.74, 6) is 0.745.